The fraction of sp³-hybridized carbons (Fsp3) is 0.391. The molecule has 34 heavy (non-hydrogen) atoms. The summed E-state index contributed by atoms with van der Waals surface area (Å²) in [5, 5.41) is 10.8. The Morgan fingerprint density at radius 3 is 2.59 bits per heavy atom. The number of ether oxygens (including phenoxy) is 1. The Hall–Kier alpha value is -3.31. The number of rotatable bonds is 7. The zero-order valence-electron chi connectivity index (χ0n) is 19.1. The van der Waals surface area contributed by atoms with E-state index in [0.717, 1.165) is 23.9 Å². The quantitative estimate of drug-likeness (QED) is 0.545. The summed E-state index contributed by atoms with van der Waals surface area (Å²) in [6.45, 7) is 4.21. The van der Waals surface area contributed by atoms with Gasteiger partial charge in [-0.05, 0) is 57.0 Å². The maximum absolute atomic E-state index is 13.1. The van der Waals surface area contributed by atoms with E-state index in [0.29, 0.717) is 29.7 Å². The van der Waals surface area contributed by atoms with Crippen molar-refractivity contribution in [3.63, 3.8) is 0 Å². The van der Waals surface area contributed by atoms with E-state index < -0.39 is 21.5 Å². The third-order valence-corrected chi connectivity index (χ3v) is 7.36. The summed E-state index contributed by atoms with van der Waals surface area (Å²) in [7, 11) is -3.71. The number of hydrogen-bond acceptors (Lipinski definition) is 7. The number of hydrogen-bond donors (Lipinski definition) is 1. The van der Waals surface area contributed by atoms with Crippen molar-refractivity contribution in [1.82, 2.24) is 19.3 Å². The van der Waals surface area contributed by atoms with E-state index in [-0.39, 0.29) is 23.2 Å². The Balaban J connectivity index is 1.61. The predicted octanol–water partition coefficient (Wildman–Crippen LogP) is 2.39. The van der Waals surface area contributed by atoms with E-state index in [1.165, 1.54) is 22.5 Å². The van der Waals surface area contributed by atoms with Gasteiger partial charge in [-0.3, -0.25) is 9.59 Å². The zero-order valence-corrected chi connectivity index (χ0v) is 19.9. The van der Waals surface area contributed by atoms with Crippen LogP contribution in [-0.4, -0.2) is 52.8 Å². The predicted molar refractivity (Wildman–Crippen MR) is 127 cm³/mol. The number of carbonyl (C=O) groups excluding carboxylic acids is 1. The van der Waals surface area contributed by atoms with Gasteiger partial charge in [0.1, 0.15) is 17.8 Å². The molecule has 0 radical (unpaired) electrons. The van der Waals surface area contributed by atoms with E-state index in [9.17, 15) is 18.0 Å². The Bertz CT molecular complexity index is 1360. The summed E-state index contributed by atoms with van der Waals surface area (Å²) in [6.07, 6.45) is 2.44. The Labute approximate surface area is 197 Å². The van der Waals surface area contributed by atoms with Gasteiger partial charge in [-0.2, -0.15) is 4.31 Å². The summed E-state index contributed by atoms with van der Waals surface area (Å²) >= 11 is 0. The SMILES string of the molecule is CC(C)Oc1ccc(S(=O)(=O)N2CCCCC2)cc1NC(=O)Cn1nnc2ccccc2c1=O. The number of sulfonamides is 1. The molecule has 1 saturated heterocycles. The molecule has 0 saturated carbocycles. The minimum Gasteiger partial charge on any atom is -0.489 e. The largest absolute Gasteiger partial charge is 0.489 e. The van der Waals surface area contributed by atoms with Crippen LogP contribution in [0.1, 0.15) is 33.1 Å². The van der Waals surface area contributed by atoms with Gasteiger partial charge in [0.2, 0.25) is 15.9 Å². The molecule has 180 valence electrons. The fourth-order valence-corrected chi connectivity index (χ4v) is 5.37. The molecule has 10 nitrogen and oxygen atoms in total. The van der Waals surface area contributed by atoms with Crippen LogP contribution in [0.4, 0.5) is 5.69 Å². The van der Waals surface area contributed by atoms with Crippen molar-refractivity contribution in [3.05, 3.63) is 52.8 Å². The van der Waals surface area contributed by atoms with Crippen LogP contribution in [-0.2, 0) is 21.4 Å². The number of aromatic nitrogens is 3. The first-order chi connectivity index (χ1) is 16.3. The lowest BCUT2D eigenvalue weighted by atomic mass is 10.2. The highest BCUT2D eigenvalue weighted by molar-refractivity contribution is 7.89. The Morgan fingerprint density at radius 2 is 1.85 bits per heavy atom. The molecule has 1 aliphatic rings. The number of carbonyl (C=O) groups is 1. The molecular weight excluding hydrogens is 458 g/mol. The van der Waals surface area contributed by atoms with Crippen LogP contribution in [0.5, 0.6) is 5.75 Å². The summed E-state index contributed by atoms with van der Waals surface area (Å²) < 4.78 is 34.5. The van der Waals surface area contributed by atoms with E-state index in [4.69, 9.17) is 4.74 Å². The van der Waals surface area contributed by atoms with Crippen LogP contribution in [0.25, 0.3) is 10.9 Å². The lowest BCUT2D eigenvalue weighted by Crippen LogP contribution is -2.35. The lowest BCUT2D eigenvalue weighted by Gasteiger charge is -2.26. The maximum atomic E-state index is 13.1. The van der Waals surface area contributed by atoms with Crippen molar-refractivity contribution in [1.29, 1.82) is 0 Å². The molecule has 1 amide bonds. The van der Waals surface area contributed by atoms with Crippen LogP contribution in [0, 0.1) is 0 Å². The second-order valence-corrected chi connectivity index (χ2v) is 10.3. The highest BCUT2D eigenvalue weighted by Gasteiger charge is 2.27. The van der Waals surface area contributed by atoms with Gasteiger partial charge in [-0.1, -0.05) is 23.8 Å². The topological polar surface area (TPSA) is 123 Å². The number of amides is 1. The van der Waals surface area contributed by atoms with Crippen molar-refractivity contribution in [2.24, 2.45) is 0 Å². The molecule has 0 spiro atoms. The van der Waals surface area contributed by atoms with E-state index in [2.05, 4.69) is 15.6 Å². The van der Waals surface area contributed by atoms with Crippen molar-refractivity contribution < 1.29 is 17.9 Å². The minimum atomic E-state index is -3.71. The first-order valence-corrected chi connectivity index (χ1v) is 12.6. The first kappa shape index (κ1) is 23.8. The van der Waals surface area contributed by atoms with Crippen LogP contribution in [0.2, 0.25) is 0 Å². The van der Waals surface area contributed by atoms with Crippen LogP contribution in [0.3, 0.4) is 0 Å². The number of nitrogens with one attached hydrogen (secondary N) is 1. The molecule has 0 aliphatic carbocycles. The van der Waals surface area contributed by atoms with Gasteiger partial charge >= 0.3 is 0 Å². The van der Waals surface area contributed by atoms with Gasteiger partial charge < -0.3 is 10.1 Å². The van der Waals surface area contributed by atoms with E-state index in [1.807, 2.05) is 13.8 Å². The van der Waals surface area contributed by atoms with Gasteiger partial charge in [-0.25, -0.2) is 13.1 Å². The first-order valence-electron chi connectivity index (χ1n) is 11.2. The third-order valence-electron chi connectivity index (χ3n) is 5.46. The second-order valence-electron chi connectivity index (χ2n) is 8.41. The molecule has 1 N–H and O–H groups in total. The van der Waals surface area contributed by atoms with E-state index in [1.54, 1.807) is 24.3 Å². The van der Waals surface area contributed by atoms with E-state index >= 15 is 0 Å². The van der Waals surface area contributed by atoms with Gasteiger partial charge in [-0.15, -0.1) is 5.10 Å². The Morgan fingerprint density at radius 1 is 1.12 bits per heavy atom. The molecule has 4 rings (SSSR count). The second kappa shape index (κ2) is 9.90. The van der Waals surface area contributed by atoms with Crippen molar-refractivity contribution in [2.45, 2.75) is 50.7 Å². The van der Waals surface area contributed by atoms with Gasteiger partial charge in [0.25, 0.3) is 5.56 Å². The fourth-order valence-electron chi connectivity index (χ4n) is 3.83. The molecule has 2 aromatic carbocycles. The molecule has 0 atom stereocenters. The van der Waals surface area contributed by atoms with Gasteiger partial charge in [0.15, 0.2) is 0 Å². The molecule has 0 unspecified atom stereocenters. The average molecular weight is 486 g/mol. The molecule has 11 heteroatoms. The molecule has 1 fully saturated rings. The van der Waals surface area contributed by atoms with Crippen LogP contribution >= 0.6 is 0 Å². The smallest absolute Gasteiger partial charge is 0.278 e. The molecule has 2 heterocycles. The van der Waals surface area contributed by atoms with Crippen LogP contribution in [0.15, 0.2) is 52.2 Å². The highest BCUT2D eigenvalue weighted by Crippen LogP contribution is 2.31. The summed E-state index contributed by atoms with van der Waals surface area (Å²) in [4.78, 5) is 25.5. The molecule has 1 aromatic heterocycles. The number of fused-ring (bicyclic) bond motifs is 1. The number of anilines is 1. The molecule has 1 aliphatic heterocycles. The third kappa shape index (κ3) is 5.10. The summed E-state index contributed by atoms with van der Waals surface area (Å²) in [5.74, 6) is -0.231. The molecular formula is C23H27N5O5S. The van der Waals surface area contributed by atoms with Crippen molar-refractivity contribution in [3.8, 4) is 5.75 Å². The monoisotopic (exact) mass is 485 g/mol. The van der Waals surface area contributed by atoms with Crippen LogP contribution < -0.4 is 15.6 Å². The summed E-state index contributed by atoms with van der Waals surface area (Å²) in [6, 6.07) is 11.1. The number of benzene rings is 2. The molecule has 3 aromatic rings. The minimum absolute atomic E-state index is 0.0727. The molecule has 0 bridgehead atoms. The average Bonchev–Trinajstić information content (AvgIpc) is 2.82. The normalized spacial score (nSPS) is 14.9. The maximum Gasteiger partial charge on any atom is 0.278 e. The summed E-state index contributed by atoms with van der Waals surface area (Å²) in [5.41, 5.74) is 0.201. The number of nitrogens with zero attached hydrogens (tertiary/aromatic N) is 4. The zero-order chi connectivity index (χ0) is 24.3. The van der Waals surface area contributed by atoms with Crippen molar-refractivity contribution in [2.75, 3.05) is 18.4 Å². The highest BCUT2D eigenvalue weighted by atomic mass is 32.2. The standard InChI is InChI=1S/C23H27N5O5S/c1-16(2)33-21-11-10-17(34(31,32)27-12-6-3-7-13-27)14-20(21)24-22(29)15-28-23(30)18-8-4-5-9-19(18)25-26-28/h4-5,8-11,14,16H,3,6-7,12-13,15H2,1-2H3,(H,24,29). The lowest BCUT2D eigenvalue weighted by molar-refractivity contribution is -0.117. The van der Waals surface area contributed by atoms with Gasteiger partial charge in [0.05, 0.1) is 22.1 Å². The Kier molecular flexibility index (Phi) is 6.94. The number of piperidine rings is 1. The van der Waals surface area contributed by atoms with Crippen molar-refractivity contribution >= 4 is 32.5 Å². The van der Waals surface area contributed by atoms with Gasteiger partial charge in [0, 0.05) is 13.1 Å².